The fourth-order valence-corrected chi connectivity index (χ4v) is 2.56. The van der Waals surface area contributed by atoms with Crippen molar-refractivity contribution in [2.45, 2.75) is 6.92 Å². The number of benzene rings is 1. The molecule has 0 amide bonds. The molecule has 0 spiro atoms. The van der Waals surface area contributed by atoms with Crippen molar-refractivity contribution < 1.29 is 9.18 Å². The molecule has 0 aliphatic carbocycles. The Balaban J connectivity index is 2.41. The van der Waals surface area contributed by atoms with Crippen molar-refractivity contribution in [3.8, 4) is 0 Å². The van der Waals surface area contributed by atoms with Crippen LogP contribution in [0.5, 0.6) is 0 Å². The quantitative estimate of drug-likeness (QED) is 0.760. The molecular weight excluding hydrogens is 291 g/mol. The van der Waals surface area contributed by atoms with Gasteiger partial charge in [0.25, 0.3) is 0 Å². The third-order valence-electron chi connectivity index (χ3n) is 2.12. The molecule has 2 rings (SSSR count). The van der Waals surface area contributed by atoms with Gasteiger partial charge in [-0.3, -0.25) is 4.79 Å². The molecule has 1 heterocycles. The molecule has 16 heavy (non-hydrogen) atoms. The highest BCUT2D eigenvalue weighted by Crippen LogP contribution is 2.20. The maximum atomic E-state index is 13.1. The summed E-state index contributed by atoms with van der Waals surface area (Å²) in [6.07, 6.45) is 0. The summed E-state index contributed by atoms with van der Waals surface area (Å²) in [6, 6.07) is 6.01. The van der Waals surface area contributed by atoms with Gasteiger partial charge in [0.1, 0.15) is 5.82 Å². The van der Waals surface area contributed by atoms with Gasteiger partial charge in [-0.05, 0) is 31.2 Å². The Morgan fingerprint density at radius 1 is 1.25 bits per heavy atom. The second-order valence-electron chi connectivity index (χ2n) is 3.43. The number of rotatable bonds is 2. The van der Waals surface area contributed by atoms with Crippen LogP contribution in [0.1, 0.15) is 20.8 Å². The summed E-state index contributed by atoms with van der Waals surface area (Å²) in [5.41, 5.74) is 0.977. The van der Waals surface area contributed by atoms with E-state index in [4.69, 9.17) is 0 Å². The molecule has 0 bridgehead atoms. The van der Waals surface area contributed by atoms with E-state index in [1.807, 2.05) is 13.0 Å². The number of aryl methyl sites for hydroxylation is 1. The Hall–Kier alpha value is -1.000. The molecule has 82 valence electrons. The highest BCUT2D eigenvalue weighted by Gasteiger charge is 2.12. The standard InChI is InChI=1S/C12H8BrFOS/c1-7-2-9(6-16-7)12(15)8-3-10(13)5-11(14)4-8/h2-6H,1H3. The van der Waals surface area contributed by atoms with Crippen LogP contribution in [0.15, 0.2) is 34.1 Å². The molecule has 1 aromatic carbocycles. The number of ketones is 1. The lowest BCUT2D eigenvalue weighted by Crippen LogP contribution is -2.00. The Morgan fingerprint density at radius 2 is 2.00 bits per heavy atom. The van der Waals surface area contributed by atoms with Gasteiger partial charge >= 0.3 is 0 Å². The van der Waals surface area contributed by atoms with Crippen molar-refractivity contribution in [3.05, 3.63) is 55.9 Å². The molecule has 0 atom stereocenters. The summed E-state index contributed by atoms with van der Waals surface area (Å²) in [7, 11) is 0. The van der Waals surface area contributed by atoms with Crippen molar-refractivity contribution in [2.24, 2.45) is 0 Å². The molecule has 0 saturated heterocycles. The first-order chi connectivity index (χ1) is 7.56. The summed E-state index contributed by atoms with van der Waals surface area (Å²) in [6.45, 7) is 1.93. The first-order valence-electron chi connectivity index (χ1n) is 4.62. The molecule has 0 unspecified atom stereocenters. The van der Waals surface area contributed by atoms with E-state index in [0.717, 1.165) is 4.88 Å². The van der Waals surface area contributed by atoms with Crippen LogP contribution in [0.4, 0.5) is 4.39 Å². The lowest BCUT2D eigenvalue weighted by Gasteiger charge is -2.00. The summed E-state index contributed by atoms with van der Waals surface area (Å²) in [4.78, 5) is 13.1. The Bertz CT molecular complexity index is 527. The van der Waals surface area contributed by atoms with E-state index in [9.17, 15) is 9.18 Å². The molecular formula is C12H8BrFOS. The van der Waals surface area contributed by atoms with Gasteiger partial charge in [-0.1, -0.05) is 15.9 Å². The second kappa shape index (κ2) is 4.47. The average molecular weight is 299 g/mol. The van der Waals surface area contributed by atoms with Gasteiger partial charge in [-0.2, -0.15) is 0 Å². The third-order valence-corrected chi connectivity index (χ3v) is 3.44. The van der Waals surface area contributed by atoms with Gasteiger partial charge in [0.15, 0.2) is 5.78 Å². The number of thiophene rings is 1. The monoisotopic (exact) mass is 298 g/mol. The summed E-state index contributed by atoms with van der Waals surface area (Å²) in [5, 5.41) is 1.79. The Labute approximate surface area is 105 Å². The summed E-state index contributed by atoms with van der Waals surface area (Å²) >= 11 is 4.68. The number of hydrogen-bond donors (Lipinski definition) is 0. The predicted molar refractivity (Wildman–Crippen MR) is 66.6 cm³/mol. The van der Waals surface area contributed by atoms with Crippen LogP contribution in [0.2, 0.25) is 0 Å². The van der Waals surface area contributed by atoms with Crippen molar-refractivity contribution in [1.82, 2.24) is 0 Å². The zero-order valence-corrected chi connectivity index (χ0v) is 10.9. The van der Waals surface area contributed by atoms with Crippen molar-refractivity contribution in [1.29, 1.82) is 0 Å². The smallest absolute Gasteiger partial charge is 0.194 e. The molecule has 0 saturated carbocycles. The third kappa shape index (κ3) is 2.39. The minimum atomic E-state index is -0.412. The second-order valence-corrected chi connectivity index (χ2v) is 5.46. The summed E-state index contributed by atoms with van der Waals surface area (Å²) in [5.74, 6) is -0.561. The SMILES string of the molecule is Cc1cc(C(=O)c2cc(F)cc(Br)c2)cs1. The van der Waals surface area contributed by atoms with Crippen LogP contribution in [0, 0.1) is 12.7 Å². The Morgan fingerprint density at radius 3 is 2.56 bits per heavy atom. The molecule has 0 radical (unpaired) electrons. The minimum Gasteiger partial charge on any atom is -0.289 e. The van der Waals surface area contributed by atoms with Gasteiger partial charge in [0.05, 0.1) is 0 Å². The van der Waals surface area contributed by atoms with Crippen LogP contribution in [-0.2, 0) is 0 Å². The van der Waals surface area contributed by atoms with E-state index in [-0.39, 0.29) is 5.78 Å². The molecule has 0 aliphatic rings. The fraction of sp³-hybridized carbons (Fsp3) is 0.0833. The molecule has 0 aliphatic heterocycles. The number of halogens is 2. The van der Waals surface area contributed by atoms with Crippen LogP contribution in [0.3, 0.4) is 0 Å². The van der Waals surface area contributed by atoms with E-state index in [1.165, 1.54) is 23.5 Å². The first kappa shape index (κ1) is 11.5. The minimum absolute atomic E-state index is 0.149. The van der Waals surface area contributed by atoms with Crippen molar-refractivity contribution in [3.63, 3.8) is 0 Å². The predicted octanol–water partition coefficient (Wildman–Crippen LogP) is 4.19. The number of hydrogen-bond acceptors (Lipinski definition) is 2. The zero-order chi connectivity index (χ0) is 11.7. The summed E-state index contributed by atoms with van der Waals surface area (Å²) < 4.78 is 13.7. The average Bonchev–Trinajstić information content (AvgIpc) is 2.62. The van der Waals surface area contributed by atoms with E-state index in [1.54, 1.807) is 11.4 Å². The largest absolute Gasteiger partial charge is 0.289 e. The molecule has 0 N–H and O–H groups in total. The lowest BCUT2D eigenvalue weighted by atomic mass is 10.1. The maximum Gasteiger partial charge on any atom is 0.194 e. The topological polar surface area (TPSA) is 17.1 Å². The molecule has 0 fully saturated rings. The number of carbonyl (C=O) groups excluding carboxylic acids is 1. The number of carbonyl (C=O) groups is 1. The van der Waals surface area contributed by atoms with Gasteiger partial charge in [0, 0.05) is 25.9 Å². The van der Waals surface area contributed by atoms with Crippen LogP contribution in [-0.4, -0.2) is 5.78 Å². The van der Waals surface area contributed by atoms with Crippen LogP contribution < -0.4 is 0 Å². The Kier molecular flexibility index (Phi) is 3.21. The lowest BCUT2D eigenvalue weighted by molar-refractivity contribution is 0.103. The zero-order valence-electron chi connectivity index (χ0n) is 8.46. The normalized spacial score (nSPS) is 10.4. The molecule has 1 aromatic heterocycles. The van der Waals surface area contributed by atoms with Gasteiger partial charge in [-0.15, -0.1) is 11.3 Å². The van der Waals surface area contributed by atoms with Crippen LogP contribution >= 0.6 is 27.3 Å². The van der Waals surface area contributed by atoms with Gasteiger partial charge in [0.2, 0.25) is 0 Å². The highest BCUT2D eigenvalue weighted by molar-refractivity contribution is 9.10. The highest BCUT2D eigenvalue weighted by atomic mass is 79.9. The molecule has 2 aromatic rings. The van der Waals surface area contributed by atoms with E-state index in [2.05, 4.69) is 15.9 Å². The molecule has 4 heteroatoms. The van der Waals surface area contributed by atoms with Gasteiger partial charge in [-0.25, -0.2) is 4.39 Å². The maximum absolute atomic E-state index is 13.1. The van der Waals surface area contributed by atoms with Gasteiger partial charge < -0.3 is 0 Å². The van der Waals surface area contributed by atoms with Crippen molar-refractivity contribution in [2.75, 3.05) is 0 Å². The van der Waals surface area contributed by atoms with Crippen LogP contribution in [0.25, 0.3) is 0 Å². The van der Waals surface area contributed by atoms with Crippen molar-refractivity contribution >= 4 is 33.0 Å². The van der Waals surface area contributed by atoms with E-state index < -0.39 is 5.82 Å². The van der Waals surface area contributed by atoms with E-state index in [0.29, 0.717) is 15.6 Å². The fourth-order valence-electron chi connectivity index (χ4n) is 1.41. The van der Waals surface area contributed by atoms with E-state index >= 15 is 0 Å². The first-order valence-corrected chi connectivity index (χ1v) is 6.29. The molecule has 1 nitrogen and oxygen atoms in total.